The molecule has 144 valence electrons. The van der Waals surface area contributed by atoms with Crippen molar-refractivity contribution in [2.24, 2.45) is 4.99 Å². The number of aromatic nitrogens is 1. The summed E-state index contributed by atoms with van der Waals surface area (Å²) in [6.45, 7) is 1.70. The van der Waals surface area contributed by atoms with Crippen LogP contribution < -0.4 is 4.80 Å². The molecule has 1 amide bonds. The molecule has 8 nitrogen and oxygen atoms in total. The van der Waals surface area contributed by atoms with Crippen LogP contribution in [0.2, 0.25) is 5.02 Å². The molecule has 0 N–H and O–H groups in total. The standard InChI is InChI=1S/C18H14ClN3O5S/c1-2-27-15(23)10-21-16-12(19)7-5-9-14(16)28-18(21)20-17(24)11-6-3-4-8-13(11)22(25)26/h3-9H,2,10H2,1H3. The first-order valence-electron chi connectivity index (χ1n) is 8.18. The third kappa shape index (κ3) is 3.95. The van der Waals surface area contributed by atoms with E-state index in [-0.39, 0.29) is 29.2 Å². The van der Waals surface area contributed by atoms with Crippen LogP contribution in [-0.4, -0.2) is 28.0 Å². The van der Waals surface area contributed by atoms with Gasteiger partial charge in [0.2, 0.25) is 0 Å². The Bertz CT molecular complexity index is 1150. The number of para-hydroxylation sites is 2. The molecule has 10 heteroatoms. The van der Waals surface area contributed by atoms with Crippen LogP contribution in [0.3, 0.4) is 0 Å². The number of nitro benzene ring substituents is 1. The van der Waals surface area contributed by atoms with Gasteiger partial charge < -0.3 is 9.30 Å². The van der Waals surface area contributed by atoms with Gasteiger partial charge in [0.05, 0.1) is 26.8 Å². The number of nitrogens with zero attached hydrogens (tertiary/aromatic N) is 3. The van der Waals surface area contributed by atoms with E-state index < -0.39 is 16.8 Å². The van der Waals surface area contributed by atoms with Gasteiger partial charge in [-0.3, -0.25) is 19.7 Å². The second kappa shape index (κ2) is 8.32. The SMILES string of the molecule is CCOC(=O)Cn1c(=NC(=O)c2ccccc2[N+](=O)[O-])sc2cccc(Cl)c21. The van der Waals surface area contributed by atoms with Crippen LogP contribution in [0, 0.1) is 10.1 Å². The van der Waals surface area contributed by atoms with E-state index in [0.29, 0.717) is 15.2 Å². The lowest BCUT2D eigenvalue weighted by Crippen LogP contribution is -2.23. The van der Waals surface area contributed by atoms with Crippen LogP contribution in [0.4, 0.5) is 5.69 Å². The molecule has 3 aromatic rings. The maximum Gasteiger partial charge on any atom is 0.326 e. The first-order valence-corrected chi connectivity index (χ1v) is 9.37. The maximum atomic E-state index is 12.6. The van der Waals surface area contributed by atoms with E-state index in [0.717, 1.165) is 11.3 Å². The van der Waals surface area contributed by atoms with Crippen LogP contribution in [0.25, 0.3) is 10.2 Å². The summed E-state index contributed by atoms with van der Waals surface area (Å²) >= 11 is 7.42. The van der Waals surface area contributed by atoms with Gasteiger partial charge in [0, 0.05) is 6.07 Å². The maximum absolute atomic E-state index is 12.6. The molecule has 0 saturated heterocycles. The number of thiazole rings is 1. The average Bonchev–Trinajstić information content (AvgIpc) is 3.00. The van der Waals surface area contributed by atoms with Crippen molar-refractivity contribution in [2.75, 3.05) is 6.61 Å². The Kier molecular flexibility index (Phi) is 5.86. The van der Waals surface area contributed by atoms with Crippen molar-refractivity contribution >= 4 is 50.7 Å². The Morgan fingerprint density at radius 1 is 1.25 bits per heavy atom. The fourth-order valence-corrected chi connectivity index (χ4v) is 4.00. The number of esters is 1. The van der Waals surface area contributed by atoms with Crippen LogP contribution >= 0.6 is 22.9 Å². The van der Waals surface area contributed by atoms with Gasteiger partial charge >= 0.3 is 5.97 Å². The largest absolute Gasteiger partial charge is 0.465 e. The molecule has 0 fully saturated rings. The average molecular weight is 420 g/mol. The molecule has 0 spiro atoms. The molecule has 0 unspecified atom stereocenters. The van der Waals surface area contributed by atoms with Gasteiger partial charge in [-0.25, -0.2) is 0 Å². The number of halogens is 1. The summed E-state index contributed by atoms with van der Waals surface area (Å²) in [6.07, 6.45) is 0. The summed E-state index contributed by atoms with van der Waals surface area (Å²) in [5.74, 6) is -1.30. The number of amides is 1. The van der Waals surface area contributed by atoms with Gasteiger partial charge in [0.15, 0.2) is 4.80 Å². The van der Waals surface area contributed by atoms with Gasteiger partial charge in [-0.2, -0.15) is 4.99 Å². The molecule has 0 saturated carbocycles. The van der Waals surface area contributed by atoms with Gasteiger partial charge in [-0.1, -0.05) is 41.1 Å². The van der Waals surface area contributed by atoms with E-state index >= 15 is 0 Å². The molecule has 0 aliphatic carbocycles. The second-order valence-electron chi connectivity index (χ2n) is 5.55. The minimum absolute atomic E-state index is 0.140. The zero-order chi connectivity index (χ0) is 20.3. The predicted molar refractivity (Wildman–Crippen MR) is 104 cm³/mol. The van der Waals surface area contributed by atoms with E-state index in [4.69, 9.17) is 16.3 Å². The highest BCUT2D eigenvalue weighted by atomic mass is 35.5. The molecule has 0 aliphatic heterocycles. The number of hydrogen-bond acceptors (Lipinski definition) is 6. The van der Waals surface area contributed by atoms with Crippen LogP contribution in [0.15, 0.2) is 47.5 Å². The summed E-state index contributed by atoms with van der Waals surface area (Å²) in [6, 6.07) is 10.7. The number of fused-ring (bicyclic) bond motifs is 1. The summed E-state index contributed by atoms with van der Waals surface area (Å²) in [4.78, 5) is 39.4. The van der Waals surface area contributed by atoms with E-state index in [9.17, 15) is 19.7 Å². The van der Waals surface area contributed by atoms with Crippen molar-refractivity contribution in [2.45, 2.75) is 13.5 Å². The Morgan fingerprint density at radius 2 is 2.00 bits per heavy atom. The summed E-state index contributed by atoms with van der Waals surface area (Å²) < 4.78 is 7.18. The molecule has 0 aliphatic rings. The monoisotopic (exact) mass is 419 g/mol. The van der Waals surface area contributed by atoms with Crippen molar-refractivity contribution < 1.29 is 19.2 Å². The highest BCUT2D eigenvalue weighted by molar-refractivity contribution is 7.16. The van der Waals surface area contributed by atoms with E-state index in [2.05, 4.69) is 4.99 Å². The molecule has 0 atom stereocenters. The molecular weight excluding hydrogens is 406 g/mol. The number of carbonyl (C=O) groups is 2. The minimum atomic E-state index is -0.785. The number of nitro groups is 1. The van der Waals surface area contributed by atoms with Crippen LogP contribution in [0.1, 0.15) is 17.3 Å². The number of rotatable bonds is 5. The predicted octanol–water partition coefficient (Wildman–Crippen LogP) is 3.57. The fraction of sp³-hybridized carbons (Fsp3) is 0.167. The van der Waals surface area contributed by atoms with E-state index in [1.807, 2.05) is 0 Å². The lowest BCUT2D eigenvalue weighted by atomic mass is 10.2. The van der Waals surface area contributed by atoms with Crippen molar-refractivity contribution in [1.82, 2.24) is 4.57 Å². The van der Waals surface area contributed by atoms with Crippen molar-refractivity contribution in [3.63, 3.8) is 0 Å². The Balaban J connectivity index is 2.17. The first kappa shape index (κ1) is 19.7. The number of ether oxygens (including phenoxy) is 1. The fourth-order valence-electron chi connectivity index (χ4n) is 2.62. The third-order valence-electron chi connectivity index (χ3n) is 3.77. The Morgan fingerprint density at radius 3 is 2.71 bits per heavy atom. The molecule has 28 heavy (non-hydrogen) atoms. The van der Waals surface area contributed by atoms with E-state index in [1.165, 1.54) is 28.8 Å². The van der Waals surface area contributed by atoms with Gasteiger partial charge in [-0.05, 0) is 25.1 Å². The molecule has 1 aromatic heterocycles. The van der Waals surface area contributed by atoms with Crippen LogP contribution in [0.5, 0.6) is 0 Å². The summed E-state index contributed by atoms with van der Waals surface area (Å²) in [5, 5.41) is 11.6. The lowest BCUT2D eigenvalue weighted by molar-refractivity contribution is -0.385. The van der Waals surface area contributed by atoms with Crippen molar-refractivity contribution in [3.05, 3.63) is 68.0 Å². The van der Waals surface area contributed by atoms with Gasteiger partial charge in [0.1, 0.15) is 12.1 Å². The van der Waals surface area contributed by atoms with Crippen LogP contribution in [-0.2, 0) is 16.1 Å². The first-order chi connectivity index (χ1) is 13.4. The number of hydrogen-bond donors (Lipinski definition) is 0. The Hall–Kier alpha value is -3.04. The molecular formula is C18H14ClN3O5S. The summed E-state index contributed by atoms with van der Waals surface area (Å²) in [5.41, 5.74) is 0.0578. The lowest BCUT2D eigenvalue weighted by Gasteiger charge is -2.06. The molecule has 0 bridgehead atoms. The molecule has 3 rings (SSSR count). The summed E-state index contributed by atoms with van der Waals surface area (Å²) in [7, 11) is 0. The highest BCUT2D eigenvalue weighted by Gasteiger charge is 2.20. The number of carbonyl (C=O) groups excluding carboxylic acids is 2. The quantitative estimate of drug-likeness (QED) is 0.357. The highest BCUT2D eigenvalue weighted by Crippen LogP contribution is 2.26. The van der Waals surface area contributed by atoms with Gasteiger partial charge in [0.25, 0.3) is 11.6 Å². The minimum Gasteiger partial charge on any atom is -0.465 e. The Labute approximate surface area is 167 Å². The van der Waals surface area contributed by atoms with E-state index in [1.54, 1.807) is 25.1 Å². The second-order valence-corrected chi connectivity index (χ2v) is 6.97. The normalized spacial score (nSPS) is 11.6. The van der Waals surface area contributed by atoms with Crippen molar-refractivity contribution in [3.8, 4) is 0 Å². The number of benzene rings is 2. The molecule has 2 aromatic carbocycles. The zero-order valence-corrected chi connectivity index (χ0v) is 16.2. The third-order valence-corrected chi connectivity index (χ3v) is 5.12. The topological polar surface area (TPSA) is 104 Å². The molecule has 1 heterocycles. The smallest absolute Gasteiger partial charge is 0.326 e. The molecule has 0 radical (unpaired) electrons. The zero-order valence-electron chi connectivity index (χ0n) is 14.6. The van der Waals surface area contributed by atoms with Gasteiger partial charge in [-0.15, -0.1) is 0 Å². The van der Waals surface area contributed by atoms with Crippen molar-refractivity contribution in [1.29, 1.82) is 0 Å².